The standard InChI is InChI=1S/C15H15BrN2O3/c1-17-9-12-3-2-4-14(16)15(12)21-10-11-5-7-13(8-6-11)18(19)20/h2-8,17H,9-10H2,1H3. The molecule has 2 rings (SSSR count). The minimum Gasteiger partial charge on any atom is -0.487 e. The smallest absolute Gasteiger partial charge is 0.269 e. The van der Waals surface area contributed by atoms with E-state index in [-0.39, 0.29) is 5.69 Å². The zero-order chi connectivity index (χ0) is 15.2. The van der Waals surface area contributed by atoms with Crippen LogP contribution in [0.25, 0.3) is 0 Å². The summed E-state index contributed by atoms with van der Waals surface area (Å²) in [7, 11) is 1.88. The number of ether oxygens (including phenoxy) is 1. The van der Waals surface area contributed by atoms with Gasteiger partial charge in [0.2, 0.25) is 0 Å². The van der Waals surface area contributed by atoms with E-state index in [0.717, 1.165) is 21.3 Å². The molecular formula is C15H15BrN2O3. The van der Waals surface area contributed by atoms with Gasteiger partial charge in [-0.2, -0.15) is 0 Å². The molecule has 0 aliphatic heterocycles. The van der Waals surface area contributed by atoms with Gasteiger partial charge in [-0.05, 0) is 46.7 Å². The van der Waals surface area contributed by atoms with Crippen LogP contribution in [-0.2, 0) is 13.2 Å². The number of para-hydroxylation sites is 1. The second-order valence-corrected chi connectivity index (χ2v) is 5.32. The Labute approximate surface area is 131 Å². The lowest BCUT2D eigenvalue weighted by Gasteiger charge is -2.13. The predicted molar refractivity (Wildman–Crippen MR) is 84.3 cm³/mol. The molecule has 1 N–H and O–H groups in total. The van der Waals surface area contributed by atoms with E-state index in [1.54, 1.807) is 12.1 Å². The van der Waals surface area contributed by atoms with Crippen molar-refractivity contribution in [3.63, 3.8) is 0 Å². The molecule has 21 heavy (non-hydrogen) atoms. The van der Waals surface area contributed by atoms with Crippen molar-refractivity contribution in [1.82, 2.24) is 5.32 Å². The molecule has 0 saturated heterocycles. The van der Waals surface area contributed by atoms with E-state index >= 15 is 0 Å². The summed E-state index contributed by atoms with van der Waals surface area (Å²) in [5.74, 6) is 0.783. The van der Waals surface area contributed by atoms with Crippen LogP contribution in [0.4, 0.5) is 5.69 Å². The number of hydrogen-bond acceptors (Lipinski definition) is 4. The molecule has 0 spiro atoms. The van der Waals surface area contributed by atoms with Crippen molar-refractivity contribution in [2.24, 2.45) is 0 Å². The summed E-state index contributed by atoms with van der Waals surface area (Å²) < 4.78 is 6.74. The summed E-state index contributed by atoms with van der Waals surface area (Å²) in [6.45, 7) is 1.06. The molecule has 0 atom stereocenters. The quantitative estimate of drug-likeness (QED) is 0.637. The summed E-state index contributed by atoms with van der Waals surface area (Å²) in [6, 6.07) is 12.2. The number of nitro benzene ring substituents is 1. The van der Waals surface area contributed by atoms with Crippen molar-refractivity contribution in [3.8, 4) is 5.75 Å². The van der Waals surface area contributed by atoms with Gasteiger partial charge in [-0.15, -0.1) is 0 Å². The second-order valence-electron chi connectivity index (χ2n) is 4.47. The van der Waals surface area contributed by atoms with E-state index in [1.165, 1.54) is 12.1 Å². The number of nitrogens with zero attached hydrogens (tertiary/aromatic N) is 1. The summed E-state index contributed by atoms with van der Waals surface area (Å²) >= 11 is 3.48. The average Bonchev–Trinajstić information content (AvgIpc) is 2.47. The van der Waals surface area contributed by atoms with Crippen molar-refractivity contribution >= 4 is 21.6 Å². The topological polar surface area (TPSA) is 64.4 Å². The molecule has 2 aromatic rings. The first-order valence-corrected chi connectivity index (χ1v) is 7.19. The molecule has 0 aromatic heterocycles. The van der Waals surface area contributed by atoms with Crippen molar-refractivity contribution < 1.29 is 9.66 Å². The first kappa shape index (κ1) is 15.5. The number of nitrogens with one attached hydrogen (secondary N) is 1. The van der Waals surface area contributed by atoms with Crippen LogP contribution in [0.15, 0.2) is 46.9 Å². The van der Waals surface area contributed by atoms with Crippen molar-refractivity contribution in [2.75, 3.05) is 7.05 Å². The molecule has 0 unspecified atom stereocenters. The van der Waals surface area contributed by atoms with Gasteiger partial charge in [-0.3, -0.25) is 10.1 Å². The molecule has 110 valence electrons. The first-order valence-electron chi connectivity index (χ1n) is 6.40. The van der Waals surface area contributed by atoms with Crippen LogP contribution in [0.2, 0.25) is 0 Å². The molecular weight excluding hydrogens is 336 g/mol. The van der Waals surface area contributed by atoms with Gasteiger partial charge in [0, 0.05) is 24.2 Å². The Morgan fingerprint density at radius 3 is 2.57 bits per heavy atom. The van der Waals surface area contributed by atoms with Gasteiger partial charge in [0.25, 0.3) is 5.69 Å². The average molecular weight is 351 g/mol. The highest BCUT2D eigenvalue weighted by atomic mass is 79.9. The predicted octanol–water partition coefficient (Wildman–Crippen LogP) is 3.66. The number of halogens is 1. The maximum absolute atomic E-state index is 10.6. The van der Waals surface area contributed by atoms with Crippen LogP contribution in [-0.4, -0.2) is 12.0 Å². The number of rotatable bonds is 6. The van der Waals surface area contributed by atoms with Gasteiger partial charge < -0.3 is 10.1 Å². The van der Waals surface area contributed by atoms with E-state index in [1.807, 2.05) is 25.2 Å². The molecule has 5 nitrogen and oxygen atoms in total. The Kier molecular flexibility index (Phi) is 5.30. The highest BCUT2D eigenvalue weighted by Gasteiger charge is 2.09. The lowest BCUT2D eigenvalue weighted by Crippen LogP contribution is -2.08. The van der Waals surface area contributed by atoms with E-state index in [0.29, 0.717) is 13.2 Å². The Morgan fingerprint density at radius 2 is 1.95 bits per heavy atom. The maximum atomic E-state index is 10.6. The Balaban J connectivity index is 2.10. The van der Waals surface area contributed by atoms with Crippen LogP contribution < -0.4 is 10.1 Å². The van der Waals surface area contributed by atoms with Gasteiger partial charge >= 0.3 is 0 Å². The number of nitro groups is 1. The van der Waals surface area contributed by atoms with E-state index in [2.05, 4.69) is 21.2 Å². The normalized spacial score (nSPS) is 10.4. The van der Waals surface area contributed by atoms with E-state index in [4.69, 9.17) is 4.74 Å². The molecule has 0 aliphatic rings. The second kappa shape index (κ2) is 7.19. The van der Waals surface area contributed by atoms with Gasteiger partial charge in [0.1, 0.15) is 12.4 Å². The molecule has 0 amide bonds. The van der Waals surface area contributed by atoms with Crippen molar-refractivity contribution in [3.05, 3.63) is 68.2 Å². The largest absolute Gasteiger partial charge is 0.487 e. The number of non-ortho nitro benzene ring substituents is 1. The van der Waals surface area contributed by atoms with Crippen LogP contribution in [0.3, 0.4) is 0 Å². The van der Waals surface area contributed by atoms with Crippen molar-refractivity contribution in [2.45, 2.75) is 13.2 Å². The Morgan fingerprint density at radius 1 is 1.24 bits per heavy atom. The Bertz CT molecular complexity index is 629. The highest BCUT2D eigenvalue weighted by molar-refractivity contribution is 9.10. The maximum Gasteiger partial charge on any atom is 0.269 e. The van der Waals surface area contributed by atoms with E-state index < -0.39 is 4.92 Å². The van der Waals surface area contributed by atoms with E-state index in [9.17, 15) is 10.1 Å². The zero-order valence-electron chi connectivity index (χ0n) is 11.5. The van der Waals surface area contributed by atoms with Crippen LogP contribution in [0.5, 0.6) is 5.75 Å². The summed E-state index contributed by atoms with van der Waals surface area (Å²) in [4.78, 5) is 10.2. The lowest BCUT2D eigenvalue weighted by atomic mass is 10.2. The molecule has 0 fully saturated rings. The van der Waals surface area contributed by atoms with Gasteiger partial charge in [-0.1, -0.05) is 12.1 Å². The monoisotopic (exact) mass is 350 g/mol. The molecule has 0 saturated carbocycles. The molecule has 6 heteroatoms. The number of benzene rings is 2. The van der Waals surface area contributed by atoms with Crippen LogP contribution in [0.1, 0.15) is 11.1 Å². The number of hydrogen-bond donors (Lipinski definition) is 1. The molecule has 0 aliphatic carbocycles. The van der Waals surface area contributed by atoms with Gasteiger partial charge in [-0.25, -0.2) is 0 Å². The molecule has 2 aromatic carbocycles. The zero-order valence-corrected chi connectivity index (χ0v) is 13.1. The lowest BCUT2D eigenvalue weighted by molar-refractivity contribution is -0.384. The molecule has 0 bridgehead atoms. The van der Waals surface area contributed by atoms with Gasteiger partial charge in [0.05, 0.1) is 9.40 Å². The van der Waals surface area contributed by atoms with Crippen LogP contribution in [0, 0.1) is 10.1 Å². The SMILES string of the molecule is CNCc1cccc(Br)c1OCc1ccc([N+](=O)[O-])cc1. The molecule has 0 radical (unpaired) electrons. The fraction of sp³-hybridized carbons (Fsp3) is 0.200. The first-order chi connectivity index (χ1) is 10.1. The van der Waals surface area contributed by atoms with Crippen molar-refractivity contribution in [1.29, 1.82) is 0 Å². The molecule has 0 heterocycles. The Hall–Kier alpha value is -1.92. The fourth-order valence-electron chi connectivity index (χ4n) is 1.91. The highest BCUT2D eigenvalue weighted by Crippen LogP contribution is 2.30. The summed E-state index contributed by atoms with van der Waals surface area (Å²) in [5, 5.41) is 13.7. The third kappa shape index (κ3) is 4.03. The third-order valence-corrected chi connectivity index (χ3v) is 3.57. The van der Waals surface area contributed by atoms with Crippen LogP contribution >= 0.6 is 15.9 Å². The summed E-state index contributed by atoms with van der Waals surface area (Å²) in [5.41, 5.74) is 2.01. The minimum atomic E-state index is -0.413. The minimum absolute atomic E-state index is 0.0792. The third-order valence-electron chi connectivity index (χ3n) is 2.95. The van der Waals surface area contributed by atoms with Gasteiger partial charge in [0.15, 0.2) is 0 Å². The fourth-order valence-corrected chi connectivity index (χ4v) is 2.44. The summed E-state index contributed by atoms with van der Waals surface area (Å²) in [6.07, 6.45) is 0.